The van der Waals surface area contributed by atoms with Crippen LogP contribution in [0.3, 0.4) is 0 Å². The van der Waals surface area contributed by atoms with Crippen LogP contribution in [0.5, 0.6) is 0 Å². The topological polar surface area (TPSA) is 62.3 Å². The average Bonchev–Trinajstić information content (AvgIpc) is 2.31. The van der Waals surface area contributed by atoms with Crippen LogP contribution in [0, 0.1) is 0 Å². The van der Waals surface area contributed by atoms with Crippen molar-refractivity contribution in [1.82, 2.24) is 10.8 Å². The third-order valence-corrected chi connectivity index (χ3v) is 3.73. The lowest BCUT2D eigenvalue weighted by Gasteiger charge is -2.37. The molecule has 0 amide bonds. The van der Waals surface area contributed by atoms with Crippen molar-refractivity contribution in [3.8, 4) is 0 Å². The highest BCUT2D eigenvalue weighted by Crippen LogP contribution is 2.31. The molecule has 1 fully saturated rings. The number of hydroxylamine groups is 1. The summed E-state index contributed by atoms with van der Waals surface area (Å²) in [7, 11) is 1.98. The smallest absolute Gasteiger partial charge is 0.293 e. The van der Waals surface area contributed by atoms with E-state index >= 15 is 0 Å². The summed E-state index contributed by atoms with van der Waals surface area (Å²) in [6.07, 6.45) is 5.04. The predicted octanol–water partition coefficient (Wildman–Crippen LogP) is -0.353. The van der Waals surface area contributed by atoms with E-state index in [0.29, 0.717) is 0 Å². The normalized spacial score (nSPS) is 34.3. The molecule has 0 saturated heterocycles. The van der Waals surface area contributed by atoms with E-state index in [1.165, 1.54) is 24.1 Å². The highest BCUT2D eigenvalue weighted by molar-refractivity contribution is 5.76. The third kappa shape index (κ3) is 1.51. The first-order valence-corrected chi connectivity index (χ1v) is 6.00. The van der Waals surface area contributed by atoms with Gasteiger partial charge < -0.3 is 0 Å². The number of likely N-dealkylation sites (N-methyl/N-ethyl adjacent to an activating group) is 1. The van der Waals surface area contributed by atoms with Crippen LogP contribution in [0.15, 0.2) is 11.3 Å². The van der Waals surface area contributed by atoms with Gasteiger partial charge in [0.05, 0.1) is 13.6 Å². The third-order valence-electron chi connectivity index (χ3n) is 3.73. The van der Waals surface area contributed by atoms with Crippen molar-refractivity contribution < 1.29 is 9.41 Å². The van der Waals surface area contributed by atoms with Gasteiger partial charge >= 0.3 is 5.96 Å². The van der Waals surface area contributed by atoms with Gasteiger partial charge in [-0.3, -0.25) is 15.1 Å². The summed E-state index contributed by atoms with van der Waals surface area (Å²) in [6, 6.07) is 0.238. The Bertz CT molecular complexity index is 374. The molecule has 0 spiro atoms. The standard InChI is InChI=1S/C11H18N4O/c1-15-6-8-10(13-11(15)12)7-4-2-3-5-9(7)16-14-8/h8-9,14H,2-6H2,1H3,(H2,12,13)/p+1. The molecule has 0 aromatic heterocycles. The molecule has 3 aliphatic rings. The first-order valence-electron chi connectivity index (χ1n) is 6.00. The van der Waals surface area contributed by atoms with E-state index in [4.69, 9.17) is 10.6 Å². The Morgan fingerprint density at radius 1 is 1.44 bits per heavy atom. The van der Waals surface area contributed by atoms with Crippen molar-refractivity contribution in [3.63, 3.8) is 0 Å². The summed E-state index contributed by atoms with van der Waals surface area (Å²) in [4.78, 5) is 5.71. The van der Waals surface area contributed by atoms with Crippen molar-refractivity contribution in [2.45, 2.75) is 37.8 Å². The van der Waals surface area contributed by atoms with Gasteiger partial charge in [-0.2, -0.15) is 5.48 Å². The second-order valence-corrected chi connectivity index (χ2v) is 4.85. The second kappa shape index (κ2) is 3.75. The summed E-state index contributed by atoms with van der Waals surface area (Å²) in [5.41, 5.74) is 11.8. The van der Waals surface area contributed by atoms with E-state index in [1.807, 2.05) is 11.6 Å². The number of guanidine groups is 1. The Hall–Kier alpha value is -1.07. The van der Waals surface area contributed by atoms with Crippen LogP contribution in [-0.4, -0.2) is 36.3 Å². The van der Waals surface area contributed by atoms with Gasteiger partial charge in [0.25, 0.3) is 0 Å². The minimum Gasteiger partial charge on any atom is -0.293 e. The van der Waals surface area contributed by atoms with Crippen LogP contribution < -0.4 is 16.5 Å². The largest absolute Gasteiger partial charge is 0.348 e. The van der Waals surface area contributed by atoms with Crippen molar-refractivity contribution >= 4 is 5.96 Å². The zero-order valence-electron chi connectivity index (χ0n) is 9.62. The molecule has 0 aromatic rings. The monoisotopic (exact) mass is 223 g/mol. The molecule has 5 heteroatoms. The van der Waals surface area contributed by atoms with Gasteiger partial charge in [0.15, 0.2) is 0 Å². The van der Waals surface area contributed by atoms with Gasteiger partial charge in [-0.1, -0.05) is 6.42 Å². The zero-order valence-corrected chi connectivity index (χ0v) is 9.62. The predicted molar refractivity (Wildman–Crippen MR) is 60.7 cm³/mol. The van der Waals surface area contributed by atoms with Gasteiger partial charge in [-0.15, -0.1) is 0 Å². The quantitative estimate of drug-likeness (QED) is 0.491. The molecule has 16 heavy (non-hydrogen) atoms. The first-order chi connectivity index (χ1) is 7.75. The average molecular weight is 223 g/mol. The molecule has 2 heterocycles. The number of nitrogens with one attached hydrogen (secondary N) is 2. The fraction of sp³-hybridized carbons (Fsp3) is 0.727. The molecular formula is C11H19N4O+. The number of rotatable bonds is 0. The lowest BCUT2D eigenvalue weighted by Crippen LogP contribution is -2.58. The molecule has 2 unspecified atom stereocenters. The summed E-state index contributed by atoms with van der Waals surface area (Å²) in [6.45, 7) is 0.865. The van der Waals surface area contributed by atoms with Crippen LogP contribution in [0.2, 0.25) is 0 Å². The van der Waals surface area contributed by atoms with Crippen LogP contribution in [-0.2, 0) is 4.84 Å². The van der Waals surface area contributed by atoms with Crippen LogP contribution in [0.4, 0.5) is 0 Å². The summed E-state index contributed by atoms with van der Waals surface area (Å²) in [5.74, 6) is 0.742. The molecule has 88 valence electrons. The molecule has 0 aromatic carbocycles. The van der Waals surface area contributed by atoms with Crippen LogP contribution in [0.25, 0.3) is 0 Å². The van der Waals surface area contributed by atoms with E-state index in [-0.39, 0.29) is 12.1 Å². The minimum absolute atomic E-state index is 0.238. The second-order valence-electron chi connectivity index (χ2n) is 4.85. The van der Waals surface area contributed by atoms with Crippen LogP contribution in [0.1, 0.15) is 25.7 Å². The molecule has 0 bridgehead atoms. The summed E-state index contributed by atoms with van der Waals surface area (Å²) < 4.78 is 2.01. The maximum Gasteiger partial charge on any atom is 0.348 e. The number of nitrogens with zero attached hydrogens (tertiary/aromatic N) is 1. The number of hydrogen-bond acceptors (Lipinski definition) is 4. The molecule has 0 radical (unpaired) electrons. The fourth-order valence-corrected chi connectivity index (χ4v) is 2.77. The number of fused-ring (bicyclic) bond motifs is 2. The maximum atomic E-state index is 5.94. The molecule has 1 aliphatic carbocycles. The molecule has 5 nitrogen and oxygen atoms in total. The lowest BCUT2D eigenvalue weighted by molar-refractivity contribution is -0.508. The Morgan fingerprint density at radius 3 is 3.19 bits per heavy atom. The Kier molecular flexibility index (Phi) is 2.37. The van der Waals surface area contributed by atoms with Crippen molar-refractivity contribution in [1.29, 1.82) is 0 Å². The minimum atomic E-state index is 0.238. The molecular weight excluding hydrogens is 204 g/mol. The van der Waals surface area contributed by atoms with Gasteiger partial charge in [0.1, 0.15) is 17.8 Å². The molecule has 1 saturated carbocycles. The summed E-state index contributed by atoms with van der Waals surface area (Å²) in [5, 5.41) is 3.32. The van der Waals surface area contributed by atoms with Crippen molar-refractivity contribution in [2.24, 2.45) is 5.73 Å². The Labute approximate surface area is 95.3 Å². The lowest BCUT2D eigenvalue weighted by atomic mass is 9.87. The fourth-order valence-electron chi connectivity index (χ4n) is 2.77. The van der Waals surface area contributed by atoms with E-state index < -0.39 is 0 Å². The highest BCUT2D eigenvalue weighted by Gasteiger charge is 2.37. The van der Waals surface area contributed by atoms with Gasteiger partial charge in [-0.05, 0) is 24.8 Å². The molecule has 2 atom stereocenters. The van der Waals surface area contributed by atoms with E-state index in [9.17, 15) is 0 Å². The molecule has 3 rings (SSSR count). The van der Waals surface area contributed by atoms with Crippen molar-refractivity contribution in [3.05, 3.63) is 11.3 Å². The van der Waals surface area contributed by atoms with Crippen molar-refractivity contribution in [2.75, 3.05) is 13.6 Å². The van der Waals surface area contributed by atoms with E-state index in [1.54, 1.807) is 0 Å². The summed E-state index contributed by atoms with van der Waals surface area (Å²) >= 11 is 0. The highest BCUT2D eigenvalue weighted by atomic mass is 16.7. The van der Waals surface area contributed by atoms with Gasteiger partial charge in [0, 0.05) is 0 Å². The van der Waals surface area contributed by atoms with Gasteiger partial charge in [-0.25, -0.2) is 5.32 Å². The Morgan fingerprint density at radius 2 is 2.31 bits per heavy atom. The zero-order chi connectivity index (χ0) is 11.1. The van der Waals surface area contributed by atoms with Gasteiger partial charge in [0.2, 0.25) is 0 Å². The SMILES string of the molecule is C[N+]1=C(N)NC2=C3CCCCC3ONC2C1. The van der Waals surface area contributed by atoms with E-state index in [0.717, 1.165) is 25.3 Å². The number of hydrogen-bond donors (Lipinski definition) is 3. The first kappa shape index (κ1) is 10.1. The van der Waals surface area contributed by atoms with Crippen LogP contribution >= 0.6 is 0 Å². The Balaban J connectivity index is 1.96. The maximum absolute atomic E-state index is 5.94. The van der Waals surface area contributed by atoms with E-state index in [2.05, 4.69) is 10.8 Å². The molecule has 2 aliphatic heterocycles. The molecule has 4 N–H and O–H groups in total. The number of nitrogens with two attached hydrogens (primary N) is 1.